The second kappa shape index (κ2) is 64.4. The molecule has 0 aliphatic carbocycles. The minimum absolute atomic E-state index is 0.104. The maximum Gasteiger partial charge on any atom is 0.472 e. The van der Waals surface area contributed by atoms with Gasteiger partial charge in [-0.25, -0.2) is 9.13 Å². The van der Waals surface area contributed by atoms with Crippen LogP contribution >= 0.6 is 15.6 Å². The zero-order valence-corrected chi connectivity index (χ0v) is 63.4. The standard InChI is InChI=1S/C75H146O17P2/c1-9-68(8)54-46-38-29-22-18-14-10-11-15-19-23-30-39-47-55-72(77)85-61-70(92-75(80)58-50-42-32-26-25-28-36-44-52-66(4)5)63-89-93(81,82)87-59-69(76)60-88-94(83,84)90-64-71(62-86-73(78)56-48-40-34-33-37-45-53-67(6)7)91-74(79)57-49-41-31-24-20-16-12-13-17-21-27-35-43-51-65(2)3/h65-71,76H,9-64H2,1-8H3,(H,81,82)(H,83,84)/t68?,69-,70-,71-/m1/s1. The number of phosphoric ester groups is 2. The second-order valence-corrected chi connectivity index (χ2v) is 31.6. The number of phosphoric acid groups is 2. The zero-order valence-electron chi connectivity index (χ0n) is 61.6. The number of unbranched alkanes of at least 4 members (excludes halogenated alkanes) is 37. The molecule has 3 N–H and O–H groups in total. The first-order valence-electron chi connectivity index (χ1n) is 38.7. The van der Waals surface area contributed by atoms with Crippen LogP contribution in [0.1, 0.15) is 376 Å². The van der Waals surface area contributed by atoms with Crippen LogP contribution < -0.4 is 0 Å². The fourth-order valence-corrected chi connectivity index (χ4v) is 12.9. The van der Waals surface area contributed by atoms with Crippen molar-refractivity contribution in [2.45, 2.75) is 395 Å². The molecule has 0 spiro atoms. The summed E-state index contributed by atoms with van der Waals surface area (Å²) in [5, 5.41) is 10.6. The van der Waals surface area contributed by atoms with Gasteiger partial charge in [-0.1, -0.05) is 325 Å². The Morgan fingerprint density at radius 1 is 0.298 bits per heavy atom. The smallest absolute Gasteiger partial charge is 0.462 e. The molecule has 0 radical (unpaired) electrons. The van der Waals surface area contributed by atoms with Gasteiger partial charge in [0.1, 0.15) is 19.3 Å². The highest BCUT2D eigenvalue weighted by Gasteiger charge is 2.30. The summed E-state index contributed by atoms with van der Waals surface area (Å²) in [6.45, 7) is 14.1. The number of ether oxygens (including phenoxy) is 4. The van der Waals surface area contributed by atoms with Crippen molar-refractivity contribution < 1.29 is 80.2 Å². The quantitative estimate of drug-likeness (QED) is 0.0222. The van der Waals surface area contributed by atoms with Crippen molar-refractivity contribution in [1.82, 2.24) is 0 Å². The van der Waals surface area contributed by atoms with Gasteiger partial charge < -0.3 is 33.8 Å². The summed E-state index contributed by atoms with van der Waals surface area (Å²) in [7, 11) is -9.91. The molecule has 0 fully saturated rings. The van der Waals surface area contributed by atoms with E-state index in [2.05, 4.69) is 55.4 Å². The maximum atomic E-state index is 13.1. The average Bonchev–Trinajstić information content (AvgIpc) is 1.40. The third-order valence-corrected chi connectivity index (χ3v) is 19.6. The van der Waals surface area contributed by atoms with Crippen molar-refractivity contribution in [3.8, 4) is 0 Å². The van der Waals surface area contributed by atoms with Crippen LogP contribution in [-0.4, -0.2) is 96.7 Å². The van der Waals surface area contributed by atoms with Crippen molar-refractivity contribution in [3.05, 3.63) is 0 Å². The molecule has 0 saturated carbocycles. The Kier molecular flexibility index (Phi) is 63.1. The molecule has 6 atom stereocenters. The van der Waals surface area contributed by atoms with E-state index in [1.165, 1.54) is 173 Å². The van der Waals surface area contributed by atoms with Crippen LogP contribution in [0.25, 0.3) is 0 Å². The lowest BCUT2D eigenvalue weighted by Gasteiger charge is -2.21. The fraction of sp³-hybridized carbons (Fsp3) is 0.947. The molecule has 0 aromatic heterocycles. The molecule has 94 heavy (non-hydrogen) atoms. The summed E-state index contributed by atoms with van der Waals surface area (Å²) in [4.78, 5) is 72.7. The summed E-state index contributed by atoms with van der Waals surface area (Å²) in [6, 6.07) is 0. The van der Waals surface area contributed by atoms with Crippen molar-refractivity contribution >= 4 is 39.5 Å². The van der Waals surface area contributed by atoms with Gasteiger partial charge in [0.05, 0.1) is 26.4 Å². The van der Waals surface area contributed by atoms with Crippen LogP contribution in [0.15, 0.2) is 0 Å². The molecule has 0 bridgehead atoms. The largest absolute Gasteiger partial charge is 0.472 e. The third kappa shape index (κ3) is 67.3. The van der Waals surface area contributed by atoms with Crippen molar-refractivity contribution in [3.63, 3.8) is 0 Å². The first-order valence-corrected chi connectivity index (χ1v) is 41.7. The van der Waals surface area contributed by atoms with Crippen molar-refractivity contribution in [2.24, 2.45) is 23.7 Å². The summed E-state index contributed by atoms with van der Waals surface area (Å²) >= 11 is 0. The molecule has 0 rings (SSSR count). The van der Waals surface area contributed by atoms with Gasteiger partial charge >= 0.3 is 39.5 Å². The van der Waals surface area contributed by atoms with Crippen LogP contribution in [0.3, 0.4) is 0 Å². The minimum atomic E-state index is -4.96. The van der Waals surface area contributed by atoms with E-state index in [1.807, 2.05) is 0 Å². The highest BCUT2D eigenvalue weighted by Crippen LogP contribution is 2.45. The Labute approximate surface area is 575 Å². The van der Waals surface area contributed by atoms with E-state index in [-0.39, 0.29) is 25.7 Å². The first kappa shape index (κ1) is 92.1. The molecular formula is C75H146O17P2. The lowest BCUT2D eigenvalue weighted by molar-refractivity contribution is -0.161. The molecule has 3 unspecified atom stereocenters. The normalized spacial score (nSPS) is 14.4. The van der Waals surface area contributed by atoms with E-state index >= 15 is 0 Å². The van der Waals surface area contributed by atoms with Gasteiger partial charge in [0.2, 0.25) is 0 Å². The summed E-state index contributed by atoms with van der Waals surface area (Å²) < 4.78 is 68.4. The van der Waals surface area contributed by atoms with E-state index in [0.717, 1.165) is 114 Å². The topological polar surface area (TPSA) is 237 Å². The average molecular weight is 1380 g/mol. The zero-order chi connectivity index (χ0) is 69.6. The number of hydrogen-bond acceptors (Lipinski definition) is 15. The highest BCUT2D eigenvalue weighted by atomic mass is 31.2. The lowest BCUT2D eigenvalue weighted by atomic mass is 9.99. The molecule has 0 aromatic carbocycles. The molecule has 0 aromatic rings. The molecular weight excluding hydrogens is 1230 g/mol. The van der Waals surface area contributed by atoms with E-state index < -0.39 is 97.5 Å². The highest BCUT2D eigenvalue weighted by molar-refractivity contribution is 7.47. The number of aliphatic hydroxyl groups is 1. The third-order valence-electron chi connectivity index (χ3n) is 17.7. The van der Waals surface area contributed by atoms with Gasteiger partial charge in [-0.15, -0.1) is 0 Å². The second-order valence-electron chi connectivity index (χ2n) is 28.7. The lowest BCUT2D eigenvalue weighted by Crippen LogP contribution is -2.30. The van der Waals surface area contributed by atoms with Crippen LogP contribution in [0, 0.1) is 23.7 Å². The Morgan fingerprint density at radius 2 is 0.511 bits per heavy atom. The van der Waals surface area contributed by atoms with E-state index in [0.29, 0.717) is 31.6 Å². The van der Waals surface area contributed by atoms with E-state index in [1.54, 1.807) is 0 Å². The molecule has 0 saturated heterocycles. The summed E-state index contributed by atoms with van der Waals surface area (Å²) in [5.74, 6) is 0.909. The minimum Gasteiger partial charge on any atom is -0.462 e. The maximum absolute atomic E-state index is 13.1. The molecule has 0 aliphatic heterocycles. The number of carbonyl (C=O) groups is 4. The monoisotopic (exact) mass is 1380 g/mol. The van der Waals surface area contributed by atoms with Crippen LogP contribution in [0.4, 0.5) is 0 Å². The Bertz CT molecular complexity index is 1850. The predicted octanol–water partition coefficient (Wildman–Crippen LogP) is 21.7. The number of esters is 4. The number of carbonyl (C=O) groups excluding carboxylic acids is 4. The van der Waals surface area contributed by atoms with Crippen LogP contribution in [0.2, 0.25) is 0 Å². The molecule has 19 heteroatoms. The van der Waals surface area contributed by atoms with Gasteiger partial charge in [-0.05, 0) is 49.4 Å². The summed E-state index contributed by atoms with van der Waals surface area (Å²) in [5.41, 5.74) is 0. The van der Waals surface area contributed by atoms with Gasteiger partial charge in [-0.2, -0.15) is 0 Å². The molecule has 0 heterocycles. The van der Waals surface area contributed by atoms with Crippen molar-refractivity contribution in [1.29, 1.82) is 0 Å². The van der Waals surface area contributed by atoms with Gasteiger partial charge in [0, 0.05) is 25.7 Å². The Balaban J connectivity index is 5.19. The van der Waals surface area contributed by atoms with Gasteiger partial charge in [-0.3, -0.25) is 37.3 Å². The Hall–Kier alpha value is -1.94. The summed E-state index contributed by atoms with van der Waals surface area (Å²) in [6.07, 6.45) is 48.7. The van der Waals surface area contributed by atoms with E-state index in [4.69, 9.17) is 37.0 Å². The molecule has 0 amide bonds. The number of rotatable bonds is 72. The van der Waals surface area contributed by atoms with Gasteiger partial charge in [0.15, 0.2) is 12.2 Å². The number of aliphatic hydroxyl groups excluding tert-OH is 1. The fourth-order valence-electron chi connectivity index (χ4n) is 11.3. The van der Waals surface area contributed by atoms with E-state index in [9.17, 15) is 43.2 Å². The number of hydrogen-bond donors (Lipinski definition) is 3. The van der Waals surface area contributed by atoms with Crippen LogP contribution in [0.5, 0.6) is 0 Å². The van der Waals surface area contributed by atoms with Crippen molar-refractivity contribution in [2.75, 3.05) is 39.6 Å². The SMILES string of the molecule is CCC(C)CCCCCCCCCCCCCCCCC(=O)OC[C@H](COP(=O)(O)OC[C@@H](O)COP(=O)(O)OC[C@@H](COC(=O)CCCCCCCCC(C)C)OC(=O)CCCCCCCCCCCCCCCC(C)C)OC(=O)CCCCCCCCCCC(C)C. The van der Waals surface area contributed by atoms with Gasteiger partial charge in [0.25, 0.3) is 0 Å². The van der Waals surface area contributed by atoms with Crippen LogP contribution in [-0.2, 0) is 65.4 Å². The predicted molar refractivity (Wildman–Crippen MR) is 381 cm³/mol. The molecule has 17 nitrogen and oxygen atoms in total. The molecule has 0 aliphatic rings. The first-order chi connectivity index (χ1) is 45.1. The Morgan fingerprint density at radius 3 is 0.755 bits per heavy atom. The molecule has 558 valence electrons.